The van der Waals surface area contributed by atoms with Gasteiger partial charge in [-0.2, -0.15) is 13.2 Å². The number of fused-ring (bicyclic) bond motifs is 3. The molecule has 0 spiro atoms. The molecule has 3 atom stereocenters. The van der Waals surface area contributed by atoms with Crippen LogP contribution in [0.2, 0.25) is 0 Å². The fraction of sp³-hybridized carbons (Fsp3) is 0.400. The second-order valence-corrected chi connectivity index (χ2v) is 7.03. The maximum absolute atomic E-state index is 13.4. The number of rotatable bonds is 2. The molecular formula is C20H20ClF4N. The van der Waals surface area contributed by atoms with Crippen molar-refractivity contribution >= 4 is 12.4 Å². The van der Waals surface area contributed by atoms with Gasteiger partial charge in [0.2, 0.25) is 0 Å². The molecule has 6 heteroatoms. The molecule has 0 saturated carbocycles. The largest absolute Gasteiger partial charge is 0.416 e. The summed E-state index contributed by atoms with van der Waals surface area (Å²) in [4.78, 5) is 0. The van der Waals surface area contributed by atoms with E-state index >= 15 is 0 Å². The number of hydrogen-bond acceptors (Lipinski definition) is 1. The van der Waals surface area contributed by atoms with Crippen LogP contribution in [0.1, 0.15) is 34.6 Å². The molecule has 1 saturated heterocycles. The van der Waals surface area contributed by atoms with Crippen LogP contribution in [-0.2, 0) is 19.0 Å². The van der Waals surface area contributed by atoms with Gasteiger partial charge in [0, 0.05) is 18.5 Å². The molecule has 0 bridgehead atoms. The van der Waals surface area contributed by atoms with Gasteiger partial charge >= 0.3 is 6.18 Å². The van der Waals surface area contributed by atoms with Crippen LogP contribution in [0.15, 0.2) is 42.5 Å². The lowest BCUT2D eigenvalue weighted by molar-refractivity contribution is -0.138. The molecule has 0 amide bonds. The van der Waals surface area contributed by atoms with E-state index in [9.17, 15) is 17.6 Å². The van der Waals surface area contributed by atoms with Crippen molar-refractivity contribution in [2.75, 3.05) is 6.54 Å². The van der Waals surface area contributed by atoms with Crippen molar-refractivity contribution in [2.24, 2.45) is 5.92 Å². The standard InChI is InChI=1S/C20H19F4N.ClH/c21-13-4-1-3-12(9-13)10-19-16-8-7-15-14(17(16)11-25-19)5-2-6-18(15)20(22,23)24;/h1-6,9,16-17,19,25H,7-8,10-11H2;1H/t16?,17-,19-;/m1./s1. The lowest BCUT2D eigenvalue weighted by atomic mass is 9.72. The second-order valence-electron chi connectivity index (χ2n) is 7.03. The highest BCUT2D eigenvalue weighted by Crippen LogP contribution is 2.45. The summed E-state index contributed by atoms with van der Waals surface area (Å²) in [6.45, 7) is 0.680. The number of alkyl halides is 3. The summed E-state index contributed by atoms with van der Waals surface area (Å²) in [5.74, 6) is 0.139. The van der Waals surface area contributed by atoms with Crippen LogP contribution in [0.25, 0.3) is 0 Å². The van der Waals surface area contributed by atoms with Crippen LogP contribution in [0.5, 0.6) is 0 Å². The molecule has 1 heterocycles. The summed E-state index contributed by atoms with van der Waals surface area (Å²) in [6, 6.07) is 11.3. The normalized spacial score (nSPS) is 24.5. The van der Waals surface area contributed by atoms with Gasteiger partial charge in [-0.25, -0.2) is 4.39 Å². The van der Waals surface area contributed by atoms with E-state index < -0.39 is 11.7 Å². The number of nitrogens with one attached hydrogen (secondary N) is 1. The molecule has 4 rings (SSSR count). The molecule has 2 aromatic rings. The predicted octanol–water partition coefficient (Wildman–Crippen LogP) is 5.13. The smallest absolute Gasteiger partial charge is 0.313 e. The van der Waals surface area contributed by atoms with Crippen molar-refractivity contribution < 1.29 is 17.6 Å². The Morgan fingerprint density at radius 2 is 1.85 bits per heavy atom. The minimum absolute atomic E-state index is 0. The van der Waals surface area contributed by atoms with Gasteiger partial charge in [-0.3, -0.25) is 0 Å². The van der Waals surface area contributed by atoms with Crippen LogP contribution in [0, 0.1) is 11.7 Å². The van der Waals surface area contributed by atoms with E-state index in [4.69, 9.17) is 0 Å². The predicted molar refractivity (Wildman–Crippen MR) is 95.1 cm³/mol. The molecule has 2 aromatic carbocycles. The van der Waals surface area contributed by atoms with E-state index in [2.05, 4.69) is 5.32 Å². The van der Waals surface area contributed by atoms with Crippen molar-refractivity contribution in [3.8, 4) is 0 Å². The summed E-state index contributed by atoms with van der Waals surface area (Å²) >= 11 is 0. The molecule has 1 aliphatic heterocycles. The number of halogens is 5. The van der Waals surface area contributed by atoms with E-state index in [1.165, 1.54) is 24.3 Å². The Kier molecular flexibility index (Phi) is 5.31. The van der Waals surface area contributed by atoms with Crippen LogP contribution in [0.4, 0.5) is 17.6 Å². The third kappa shape index (κ3) is 3.47. The van der Waals surface area contributed by atoms with Gasteiger partial charge in [0.05, 0.1) is 5.56 Å². The van der Waals surface area contributed by atoms with E-state index in [0.29, 0.717) is 30.9 Å². The van der Waals surface area contributed by atoms with Gasteiger partial charge in [0.15, 0.2) is 0 Å². The third-order valence-electron chi connectivity index (χ3n) is 5.62. The molecule has 1 nitrogen and oxygen atoms in total. The van der Waals surface area contributed by atoms with Gasteiger partial charge in [-0.1, -0.05) is 24.3 Å². The Hall–Kier alpha value is -1.59. The molecule has 2 aliphatic rings. The third-order valence-corrected chi connectivity index (χ3v) is 5.62. The quantitative estimate of drug-likeness (QED) is 0.707. The zero-order valence-corrected chi connectivity index (χ0v) is 14.8. The molecule has 0 radical (unpaired) electrons. The van der Waals surface area contributed by atoms with E-state index in [0.717, 1.165) is 17.5 Å². The van der Waals surface area contributed by atoms with Crippen LogP contribution >= 0.6 is 12.4 Å². The van der Waals surface area contributed by atoms with Crippen molar-refractivity contribution in [3.05, 3.63) is 70.5 Å². The highest BCUT2D eigenvalue weighted by atomic mass is 35.5. The fourth-order valence-electron chi connectivity index (χ4n) is 4.55. The highest BCUT2D eigenvalue weighted by Gasteiger charge is 2.43. The second kappa shape index (κ2) is 7.20. The summed E-state index contributed by atoms with van der Waals surface area (Å²) in [5.41, 5.74) is 1.73. The van der Waals surface area contributed by atoms with E-state index in [-0.39, 0.29) is 30.2 Å². The molecule has 1 aliphatic carbocycles. The Labute approximate surface area is 156 Å². The minimum atomic E-state index is -4.30. The van der Waals surface area contributed by atoms with E-state index in [1.54, 1.807) is 6.07 Å². The van der Waals surface area contributed by atoms with E-state index in [1.807, 2.05) is 12.1 Å². The van der Waals surface area contributed by atoms with Crippen molar-refractivity contribution in [3.63, 3.8) is 0 Å². The monoisotopic (exact) mass is 385 g/mol. The Balaban J connectivity index is 0.00000196. The van der Waals surface area contributed by atoms with Gasteiger partial charge in [0.1, 0.15) is 5.82 Å². The molecule has 1 unspecified atom stereocenters. The number of hydrogen-bond donors (Lipinski definition) is 1. The van der Waals surface area contributed by atoms with Gasteiger partial charge in [-0.05, 0) is 60.1 Å². The van der Waals surface area contributed by atoms with Crippen molar-refractivity contribution in [1.82, 2.24) is 5.32 Å². The summed E-state index contributed by atoms with van der Waals surface area (Å²) < 4.78 is 53.2. The summed E-state index contributed by atoms with van der Waals surface area (Å²) in [6.07, 6.45) is -2.41. The number of benzene rings is 2. The Morgan fingerprint density at radius 1 is 1.08 bits per heavy atom. The van der Waals surface area contributed by atoms with Crippen molar-refractivity contribution in [2.45, 2.75) is 37.4 Å². The topological polar surface area (TPSA) is 12.0 Å². The minimum Gasteiger partial charge on any atom is -0.313 e. The maximum atomic E-state index is 13.4. The first-order valence-electron chi connectivity index (χ1n) is 8.60. The van der Waals surface area contributed by atoms with Crippen molar-refractivity contribution in [1.29, 1.82) is 0 Å². The zero-order chi connectivity index (χ0) is 17.6. The maximum Gasteiger partial charge on any atom is 0.416 e. The summed E-state index contributed by atoms with van der Waals surface area (Å²) in [7, 11) is 0. The molecule has 0 aromatic heterocycles. The first kappa shape index (κ1) is 19.2. The first-order valence-corrected chi connectivity index (χ1v) is 8.60. The van der Waals surface area contributed by atoms with Crippen LogP contribution < -0.4 is 5.32 Å². The SMILES string of the molecule is Cl.Fc1cccc(C[C@H]2NC[C@@H]3c4cccc(C(F)(F)F)c4CCC32)c1. The first-order chi connectivity index (χ1) is 11.9. The fourth-order valence-corrected chi connectivity index (χ4v) is 4.55. The average Bonchev–Trinajstić information content (AvgIpc) is 2.97. The Morgan fingerprint density at radius 3 is 2.58 bits per heavy atom. The van der Waals surface area contributed by atoms with Gasteiger partial charge < -0.3 is 5.32 Å². The molecular weight excluding hydrogens is 366 g/mol. The molecule has 26 heavy (non-hydrogen) atoms. The lowest BCUT2D eigenvalue weighted by Crippen LogP contribution is -2.31. The molecule has 1 N–H and O–H groups in total. The Bertz CT molecular complexity index is 790. The lowest BCUT2D eigenvalue weighted by Gasteiger charge is -2.32. The van der Waals surface area contributed by atoms with Gasteiger partial charge in [-0.15, -0.1) is 12.4 Å². The van der Waals surface area contributed by atoms with Gasteiger partial charge in [0.25, 0.3) is 0 Å². The average molecular weight is 386 g/mol. The molecule has 140 valence electrons. The van der Waals surface area contributed by atoms with Crippen LogP contribution in [0.3, 0.4) is 0 Å². The summed E-state index contributed by atoms with van der Waals surface area (Å²) in [5, 5.41) is 3.46. The zero-order valence-electron chi connectivity index (χ0n) is 14.0. The van der Waals surface area contributed by atoms with Crippen LogP contribution in [-0.4, -0.2) is 12.6 Å². The highest BCUT2D eigenvalue weighted by molar-refractivity contribution is 5.85. The molecule has 1 fully saturated rings.